The predicted octanol–water partition coefficient (Wildman–Crippen LogP) is 2.96. The van der Waals surface area contributed by atoms with Crippen LogP contribution in [0.1, 0.15) is 12.0 Å². The molecule has 23 heavy (non-hydrogen) atoms. The molecule has 1 N–H and O–H groups in total. The first-order chi connectivity index (χ1) is 11.3. The van der Waals surface area contributed by atoms with Crippen molar-refractivity contribution in [1.29, 1.82) is 0 Å². The zero-order chi connectivity index (χ0) is 16.1. The van der Waals surface area contributed by atoms with Crippen molar-refractivity contribution in [3.63, 3.8) is 0 Å². The fourth-order valence-corrected chi connectivity index (χ4v) is 2.51. The topological polar surface area (TPSA) is 51.5 Å². The minimum Gasteiger partial charge on any atom is -0.489 e. The molecular weight excluding hydrogens is 290 g/mol. The van der Waals surface area contributed by atoms with Gasteiger partial charge in [-0.3, -0.25) is 4.79 Å². The normalized spacial score (nSPS) is 10.8. The van der Waals surface area contributed by atoms with E-state index in [1.165, 1.54) is 0 Å². The molecule has 0 aliphatic heterocycles. The second kappa shape index (κ2) is 7.11. The summed E-state index contributed by atoms with van der Waals surface area (Å²) in [6, 6.07) is 17.4. The van der Waals surface area contributed by atoms with Crippen molar-refractivity contribution in [2.75, 3.05) is 6.61 Å². The molecule has 0 atom stereocenters. The van der Waals surface area contributed by atoms with Crippen LogP contribution in [0.25, 0.3) is 10.8 Å². The average Bonchev–Trinajstić information content (AvgIpc) is 2.60. The molecule has 0 bridgehead atoms. The molecule has 3 rings (SSSR count). The highest BCUT2D eigenvalue weighted by Crippen LogP contribution is 2.19. The van der Waals surface area contributed by atoms with E-state index in [9.17, 15) is 4.79 Å². The molecule has 0 fully saturated rings. The van der Waals surface area contributed by atoms with Crippen LogP contribution < -0.4 is 10.3 Å². The molecule has 0 aliphatic carbocycles. The lowest BCUT2D eigenvalue weighted by Crippen LogP contribution is -2.19. The summed E-state index contributed by atoms with van der Waals surface area (Å²) in [4.78, 5) is 12.4. The van der Waals surface area contributed by atoms with Gasteiger partial charge in [0.25, 0.3) is 5.56 Å². The molecule has 0 spiro atoms. The highest BCUT2D eigenvalue weighted by molar-refractivity contribution is 5.82. The minimum absolute atomic E-state index is 0.0365. The number of rotatable bonds is 6. The fourth-order valence-electron chi connectivity index (χ4n) is 2.51. The summed E-state index contributed by atoms with van der Waals surface area (Å²) in [5.74, 6) is 0.744. The summed E-state index contributed by atoms with van der Waals surface area (Å²) in [5, 5.41) is 10.4. The second-order valence-electron chi connectivity index (χ2n) is 5.41. The van der Waals surface area contributed by atoms with E-state index in [2.05, 4.69) is 0 Å². The summed E-state index contributed by atoms with van der Waals surface area (Å²) in [7, 11) is 0. The van der Waals surface area contributed by atoms with Crippen LogP contribution in [0.3, 0.4) is 0 Å². The summed E-state index contributed by atoms with van der Waals surface area (Å²) in [6.07, 6.45) is 2.34. The number of aryl methyl sites for hydroxylation is 1. The van der Waals surface area contributed by atoms with Gasteiger partial charge in [-0.25, -0.2) is 0 Å². The lowest BCUT2D eigenvalue weighted by Gasteiger charge is -2.09. The van der Waals surface area contributed by atoms with Crippen molar-refractivity contribution in [2.45, 2.75) is 19.6 Å². The van der Waals surface area contributed by atoms with E-state index in [-0.39, 0.29) is 12.2 Å². The number of benzene rings is 2. The van der Waals surface area contributed by atoms with Crippen LogP contribution in [0.5, 0.6) is 5.75 Å². The van der Waals surface area contributed by atoms with Crippen LogP contribution in [0.4, 0.5) is 0 Å². The number of aliphatic hydroxyl groups is 1. The molecule has 0 saturated carbocycles. The first kappa shape index (κ1) is 15.3. The maximum absolute atomic E-state index is 12.4. The Kier molecular flexibility index (Phi) is 4.74. The fraction of sp³-hybridized carbons (Fsp3) is 0.211. The first-order valence-electron chi connectivity index (χ1n) is 7.69. The van der Waals surface area contributed by atoms with Crippen LogP contribution in [-0.4, -0.2) is 16.3 Å². The molecule has 2 aromatic carbocycles. The molecule has 0 saturated heterocycles. The van der Waals surface area contributed by atoms with Gasteiger partial charge in [-0.15, -0.1) is 0 Å². The highest BCUT2D eigenvalue weighted by Gasteiger charge is 2.04. The third kappa shape index (κ3) is 3.60. The van der Waals surface area contributed by atoms with E-state index >= 15 is 0 Å². The maximum atomic E-state index is 12.4. The zero-order valence-electron chi connectivity index (χ0n) is 12.8. The molecular formula is C19H19NO3. The number of aliphatic hydroxyl groups excluding tert-OH is 1. The highest BCUT2D eigenvalue weighted by atomic mass is 16.5. The van der Waals surface area contributed by atoms with Gasteiger partial charge in [-0.2, -0.15) is 0 Å². The van der Waals surface area contributed by atoms with Gasteiger partial charge in [-0.1, -0.05) is 30.3 Å². The van der Waals surface area contributed by atoms with Gasteiger partial charge >= 0.3 is 0 Å². The van der Waals surface area contributed by atoms with Gasteiger partial charge in [0.1, 0.15) is 12.4 Å². The van der Waals surface area contributed by atoms with Crippen molar-refractivity contribution in [2.24, 2.45) is 0 Å². The van der Waals surface area contributed by atoms with Gasteiger partial charge in [0, 0.05) is 24.7 Å². The molecule has 0 aliphatic rings. The van der Waals surface area contributed by atoms with Crippen molar-refractivity contribution in [3.05, 3.63) is 76.7 Å². The van der Waals surface area contributed by atoms with Crippen LogP contribution in [0, 0.1) is 0 Å². The van der Waals surface area contributed by atoms with E-state index in [0.29, 0.717) is 25.0 Å². The molecule has 0 amide bonds. The third-order valence-electron chi connectivity index (χ3n) is 3.75. The van der Waals surface area contributed by atoms with E-state index < -0.39 is 0 Å². The lowest BCUT2D eigenvalue weighted by atomic mass is 10.1. The maximum Gasteiger partial charge on any atom is 0.258 e. The lowest BCUT2D eigenvalue weighted by molar-refractivity contribution is 0.279. The molecule has 1 heterocycles. The van der Waals surface area contributed by atoms with Gasteiger partial charge < -0.3 is 14.4 Å². The largest absolute Gasteiger partial charge is 0.489 e. The standard InChI is InChI=1S/C19H19NO3/c21-12-4-10-20-11-9-16-13-17(7-8-18(16)19(20)22)23-14-15-5-2-1-3-6-15/h1-3,5-9,11,13,21H,4,10,12,14H2. The van der Waals surface area contributed by atoms with Crippen molar-refractivity contribution < 1.29 is 9.84 Å². The molecule has 118 valence electrons. The van der Waals surface area contributed by atoms with Crippen LogP contribution in [0.2, 0.25) is 0 Å². The van der Waals surface area contributed by atoms with Crippen LogP contribution in [-0.2, 0) is 13.2 Å². The predicted molar refractivity (Wildman–Crippen MR) is 90.7 cm³/mol. The van der Waals surface area contributed by atoms with E-state index in [1.54, 1.807) is 16.8 Å². The third-order valence-corrected chi connectivity index (χ3v) is 3.75. The molecule has 0 unspecified atom stereocenters. The smallest absolute Gasteiger partial charge is 0.258 e. The Morgan fingerprint density at radius 2 is 1.87 bits per heavy atom. The summed E-state index contributed by atoms with van der Waals surface area (Å²) in [6.45, 7) is 1.11. The Balaban J connectivity index is 1.81. The van der Waals surface area contributed by atoms with Gasteiger partial charge in [-0.05, 0) is 41.6 Å². The monoisotopic (exact) mass is 309 g/mol. The molecule has 4 heteroatoms. The van der Waals surface area contributed by atoms with E-state index in [0.717, 1.165) is 16.7 Å². The van der Waals surface area contributed by atoms with Crippen molar-refractivity contribution >= 4 is 10.8 Å². The molecule has 1 aromatic heterocycles. The number of aromatic nitrogens is 1. The summed E-state index contributed by atoms with van der Waals surface area (Å²) < 4.78 is 7.42. The molecule has 4 nitrogen and oxygen atoms in total. The molecule has 3 aromatic rings. The van der Waals surface area contributed by atoms with Crippen molar-refractivity contribution in [1.82, 2.24) is 4.57 Å². The van der Waals surface area contributed by atoms with Gasteiger partial charge in [0.15, 0.2) is 0 Å². The Morgan fingerprint density at radius 3 is 2.65 bits per heavy atom. The summed E-state index contributed by atoms with van der Waals surface area (Å²) >= 11 is 0. The average molecular weight is 309 g/mol. The SMILES string of the molecule is O=c1c2ccc(OCc3ccccc3)cc2ccn1CCCO. The van der Waals surface area contributed by atoms with Crippen LogP contribution >= 0.6 is 0 Å². The number of nitrogens with zero attached hydrogens (tertiary/aromatic N) is 1. The number of hydrogen-bond donors (Lipinski definition) is 1. The van der Waals surface area contributed by atoms with Gasteiger partial charge in [0.05, 0.1) is 0 Å². The first-order valence-corrected chi connectivity index (χ1v) is 7.69. The number of ether oxygens (including phenoxy) is 1. The minimum atomic E-state index is -0.0365. The number of pyridine rings is 1. The molecule has 0 radical (unpaired) electrons. The Hall–Kier alpha value is -2.59. The Morgan fingerprint density at radius 1 is 1.04 bits per heavy atom. The van der Waals surface area contributed by atoms with E-state index in [4.69, 9.17) is 9.84 Å². The van der Waals surface area contributed by atoms with Crippen LogP contribution in [0.15, 0.2) is 65.6 Å². The Labute approximate surface area is 134 Å². The number of hydrogen-bond acceptors (Lipinski definition) is 3. The quantitative estimate of drug-likeness (QED) is 0.761. The van der Waals surface area contributed by atoms with Crippen molar-refractivity contribution in [3.8, 4) is 5.75 Å². The Bertz CT molecular complexity index is 840. The number of fused-ring (bicyclic) bond motifs is 1. The second-order valence-corrected chi connectivity index (χ2v) is 5.41. The van der Waals surface area contributed by atoms with Gasteiger partial charge in [0.2, 0.25) is 0 Å². The van der Waals surface area contributed by atoms with E-state index in [1.807, 2.05) is 48.5 Å². The zero-order valence-corrected chi connectivity index (χ0v) is 12.8. The summed E-state index contributed by atoms with van der Waals surface area (Å²) in [5.41, 5.74) is 1.07.